The number of hydrogen-bond donors (Lipinski definition) is 0. The van der Waals surface area contributed by atoms with Crippen molar-refractivity contribution in [2.45, 2.75) is 0 Å². The third-order valence-corrected chi connectivity index (χ3v) is 1.94. The van der Waals surface area contributed by atoms with Gasteiger partial charge in [-0.1, -0.05) is 0 Å². The second kappa shape index (κ2) is 14.5. The second-order valence-electron chi connectivity index (χ2n) is 1.92. The van der Waals surface area contributed by atoms with E-state index in [1.807, 2.05) is 0 Å². The minimum atomic E-state index is -0.789. The molecule has 0 spiro atoms. The van der Waals surface area contributed by atoms with Crippen LogP contribution in [0.3, 0.4) is 0 Å². The predicted molar refractivity (Wildman–Crippen MR) is 50.0 cm³/mol. The van der Waals surface area contributed by atoms with E-state index in [1.165, 1.54) is 0 Å². The summed E-state index contributed by atoms with van der Waals surface area (Å²) in [7, 11) is 3.30. The van der Waals surface area contributed by atoms with Crippen molar-refractivity contribution in [3.8, 4) is 0 Å². The van der Waals surface area contributed by atoms with Crippen LogP contribution < -0.4 is 0 Å². The van der Waals surface area contributed by atoms with Crippen molar-refractivity contribution in [2.75, 3.05) is 40.6 Å². The molecule has 68 valence electrons. The Morgan fingerprint density at radius 3 is 1.58 bits per heavy atom. The fraction of sp³-hybridized carbons (Fsp3) is 1.00. The first-order valence-electron chi connectivity index (χ1n) is 3.55. The van der Waals surface area contributed by atoms with E-state index in [1.54, 1.807) is 14.2 Å². The van der Waals surface area contributed by atoms with Gasteiger partial charge in [0.2, 0.25) is 0 Å². The zero-order valence-electron chi connectivity index (χ0n) is 7.17. The third kappa shape index (κ3) is 13.6. The Hall–Kier alpha value is 0.970. The first kappa shape index (κ1) is 15.4. The number of hydrogen-bond acceptors (Lipinski definition) is 4. The van der Waals surface area contributed by atoms with Crippen molar-refractivity contribution < 1.29 is 17.1 Å². The van der Waals surface area contributed by atoms with Crippen LogP contribution in [0.15, 0.2) is 0 Å². The Kier molecular flexibility index (Phi) is 18.6. The van der Waals surface area contributed by atoms with Crippen LogP contribution in [0.25, 0.3) is 0 Å². The van der Waals surface area contributed by atoms with Crippen LogP contribution in [0.2, 0.25) is 0 Å². The van der Waals surface area contributed by atoms with Gasteiger partial charge in [0.25, 0.3) is 0 Å². The average molecular weight is 186 g/mol. The second-order valence-corrected chi connectivity index (χ2v) is 2.97. The summed E-state index contributed by atoms with van der Waals surface area (Å²) in [6.45, 7) is 2.55. The standard InChI is InChI=1S/2C3H7O2.Al.Li.2H/c2*1-5-3-2-4;;;;/h2*2-3H2,1H3;;;;/q2*-1;+2;;;. The molecular weight excluding hydrogens is 170 g/mol. The maximum absolute atomic E-state index is 5.16. The molecular formula is C6H16AlLiO4. The summed E-state index contributed by atoms with van der Waals surface area (Å²) in [4.78, 5) is 0. The molecule has 0 aliphatic carbocycles. The van der Waals surface area contributed by atoms with Crippen molar-refractivity contribution in [1.29, 1.82) is 0 Å². The summed E-state index contributed by atoms with van der Waals surface area (Å²) in [5.74, 6) is 0. The van der Waals surface area contributed by atoms with E-state index in [9.17, 15) is 0 Å². The zero-order chi connectivity index (χ0) is 8.36. The molecule has 0 radical (unpaired) electrons. The van der Waals surface area contributed by atoms with Crippen molar-refractivity contribution in [3.05, 3.63) is 0 Å². The topological polar surface area (TPSA) is 36.9 Å². The Morgan fingerprint density at radius 2 is 1.25 bits per heavy atom. The quantitative estimate of drug-likeness (QED) is 0.357. The van der Waals surface area contributed by atoms with Gasteiger partial charge in [-0.2, -0.15) is 0 Å². The summed E-state index contributed by atoms with van der Waals surface area (Å²) in [5, 5.41) is 0. The molecule has 0 unspecified atom stereocenters. The summed E-state index contributed by atoms with van der Waals surface area (Å²) in [6.07, 6.45) is 0. The van der Waals surface area contributed by atoms with E-state index >= 15 is 0 Å². The molecule has 0 amide bonds. The maximum atomic E-state index is 5.16. The van der Waals surface area contributed by atoms with Gasteiger partial charge in [-0.05, 0) is 0 Å². The molecule has 0 aromatic rings. The summed E-state index contributed by atoms with van der Waals surface area (Å²) >= 11 is -0.789. The Balaban J connectivity index is 0. The van der Waals surface area contributed by atoms with Gasteiger partial charge in [0.05, 0.1) is 13.2 Å². The number of rotatable bonds is 8. The van der Waals surface area contributed by atoms with E-state index < -0.39 is 15.9 Å². The molecule has 0 rings (SSSR count). The monoisotopic (exact) mass is 186 g/mol. The van der Waals surface area contributed by atoms with Gasteiger partial charge in [-0.3, -0.25) is 0 Å². The molecule has 0 aromatic carbocycles. The van der Waals surface area contributed by atoms with Gasteiger partial charge in [0.1, 0.15) is 0 Å². The molecule has 0 aromatic heterocycles. The van der Waals surface area contributed by atoms with E-state index in [0.717, 1.165) is 0 Å². The molecule has 0 aliphatic heterocycles. The molecule has 6 heteroatoms. The first-order valence-corrected chi connectivity index (χ1v) is 4.70. The molecule has 0 atom stereocenters. The van der Waals surface area contributed by atoms with Crippen molar-refractivity contribution in [1.82, 2.24) is 0 Å². The van der Waals surface area contributed by atoms with E-state index in [2.05, 4.69) is 0 Å². The van der Waals surface area contributed by atoms with Crippen LogP contribution >= 0.6 is 0 Å². The van der Waals surface area contributed by atoms with Gasteiger partial charge >= 0.3 is 34.7 Å². The third-order valence-electron chi connectivity index (χ3n) is 1.03. The molecule has 0 heterocycles. The Morgan fingerprint density at radius 1 is 0.833 bits per heavy atom. The molecule has 0 N–H and O–H groups in total. The molecule has 0 bridgehead atoms. The van der Waals surface area contributed by atoms with Gasteiger partial charge in [0, 0.05) is 27.4 Å². The van der Waals surface area contributed by atoms with Crippen LogP contribution in [0.1, 0.15) is 0 Å². The van der Waals surface area contributed by atoms with Crippen molar-refractivity contribution >= 4 is 34.7 Å². The SMILES string of the molecule is COCC[O][AlH][O]CCOC.[LiH]. The molecule has 0 saturated heterocycles. The molecule has 0 fully saturated rings. The average Bonchev–Trinajstić information content (AvgIpc) is 2.03. The summed E-state index contributed by atoms with van der Waals surface area (Å²) < 4.78 is 19.9. The van der Waals surface area contributed by atoms with E-state index in [-0.39, 0.29) is 18.9 Å². The fourth-order valence-corrected chi connectivity index (χ4v) is 1.05. The Labute approximate surface area is 92.4 Å². The van der Waals surface area contributed by atoms with Crippen LogP contribution in [-0.4, -0.2) is 75.4 Å². The van der Waals surface area contributed by atoms with Gasteiger partial charge in [-0.25, -0.2) is 0 Å². The first-order chi connectivity index (χ1) is 5.41. The normalized spacial score (nSPS) is 9.17. The zero-order valence-corrected chi connectivity index (χ0v) is 8.58. The van der Waals surface area contributed by atoms with Crippen LogP contribution in [0, 0.1) is 0 Å². The number of methoxy groups -OCH3 is 2. The molecule has 0 aliphatic rings. The van der Waals surface area contributed by atoms with Gasteiger partial charge < -0.3 is 17.1 Å². The minimum absolute atomic E-state index is 0. The van der Waals surface area contributed by atoms with Crippen molar-refractivity contribution in [3.63, 3.8) is 0 Å². The van der Waals surface area contributed by atoms with E-state index in [4.69, 9.17) is 17.1 Å². The molecule has 12 heavy (non-hydrogen) atoms. The molecule has 0 saturated carbocycles. The Bertz CT molecular complexity index is 68.6. The van der Waals surface area contributed by atoms with Gasteiger partial charge in [-0.15, -0.1) is 0 Å². The van der Waals surface area contributed by atoms with Crippen molar-refractivity contribution in [2.24, 2.45) is 0 Å². The van der Waals surface area contributed by atoms with E-state index in [0.29, 0.717) is 26.4 Å². The number of ether oxygens (including phenoxy) is 2. The molecule has 4 nitrogen and oxygen atoms in total. The van der Waals surface area contributed by atoms with Crippen LogP contribution in [0.4, 0.5) is 0 Å². The summed E-state index contributed by atoms with van der Waals surface area (Å²) in [6, 6.07) is 0. The van der Waals surface area contributed by atoms with Crippen LogP contribution in [-0.2, 0) is 17.1 Å². The van der Waals surface area contributed by atoms with Gasteiger partial charge in [0.15, 0.2) is 0 Å². The summed E-state index contributed by atoms with van der Waals surface area (Å²) in [5.41, 5.74) is 0. The fourth-order valence-electron chi connectivity index (χ4n) is 0.461. The predicted octanol–water partition coefficient (Wildman–Crippen LogP) is -1.07. The van der Waals surface area contributed by atoms with Crippen LogP contribution in [0.5, 0.6) is 0 Å².